The van der Waals surface area contributed by atoms with E-state index in [1.165, 1.54) is 0 Å². The Morgan fingerprint density at radius 3 is 2.64 bits per heavy atom. The highest BCUT2D eigenvalue weighted by Gasteiger charge is 2.24. The van der Waals surface area contributed by atoms with Crippen molar-refractivity contribution >= 4 is 38.6 Å². The lowest BCUT2D eigenvalue weighted by molar-refractivity contribution is 0.281. The monoisotopic (exact) mass is 376 g/mol. The molecular formula is C17H13ClN2O4S. The molecule has 1 N–H and O–H groups in total. The topological polar surface area (TPSA) is 80.9 Å². The zero-order chi connectivity index (χ0) is 17.6. The van der Waals surface area contributed by atoms with Crippen LogP contribution in [0, 0.1) is 0 Å². The maximum atomic E-state index is 10.8. The summed E-state index contributed by atoms with van der Waals surface area (Å²) in [6.07, 6.45) is 0.466. The molecule has 0 saturated heterocycles. The van der Waals surface area contributed by atoms with E-state index in [2.05, 4.69) is 14.0 Å². The lowest BCUT2D eigenvalue weighted by Crippen LogP contribution is -2.17. The highest BCUT2D eigenvalue weighted by atomic mass is 35.5. The predicted octanol–water partition coefficient (Wildman–Crippen LogP) is 3.89. The van der Waals surface area contributed by atoms with Gasteiger partial charge >= 0.3 is 10.4 Å². The molecule has 0 amide bonds. The quantitative estimate of drug-likeness (QED) is 0.555. The van der Waals surface area contributed by atoms with Gasteiger partial charge in [0, 0.05) is 29.6 Å². The van der Waals surface area contributed by atoms with Crippen LogP contribution in [-0.4, -0.2) is 23.2 Å². The van der Waals surface area contributed by atoms with E-state index in [1.54, 1.807) is 12.1 Å². The van der Waals surface area contributed by atoms with Crippen LogP contribution in [0.25, 0.3) is 22.2 Å². The first-order chi connectivity index (χ1) is 11.9. The summed E-state index contributed by atoms with van der Waals surface area (Å²) in [6, 6.07) is 15.5. The molecule has 4 rings (SSSR count). The van der Waals surface area contributed by atoms with Gasteiger partial charge in [0.25, 0.3) is 0 Å². The van der Waals surface area contributed by atoms with Gasteiger partial charge in [-0.05, 0) is 23.8 Å². The lowest BCUT2D eigenvalue weighted by atomic mass is 10.0. The Morgan fingerprint density at radius 2 is 1.92 bits per heavy atom. The minimum Gasteiger partial charge on any atom is -0.340 e. The summed E-state index contributed by atoms with van der Waals surface area (Å²) in [5.74, 6) is 0. The first-order valence-corrected chi connectivity index (χ1v) is 9.29. The molecule has 3 aromatic rings. The first kappa shape index (κ1) is 16.1. The van der Waals surface area contributed by atoms with Crippen LogP contribution in [0.15, 0.2) is 53.7 Å². The van der Waals surface area contributed by atoms with Gasteiger partial charge in [-0.2, -0.15) is 8.42 Å². The Hall–Kier alpha value is -2.35. The third kappa shape index (κ3) is 2.90. The van der Waals surface area contributed by atoms with E-state index in [0.29, 0.717) is 23.7 Å². The molecule has 128 valence electrons. The predicted molar refractivity (Wildman–Crippen MR) is 96.2 cm³/mol. The average Bonchev–Trinajstić information content (AvgIpc) is 2.98. The number of benzene rings is 2. The minimum atomic E-state index is -4.64. The van der Waals surface area contributed by atoms with Crippen molar-refractivity contribution in [2.75, 3.05) is 0 Å². The molecule has 0 aliphatic carbocycles. The van der Waals surface area contributed by atoms with Crippen LogP contribution in [-0.2, 0) is 21.2 Å². The second kappa shape index (κ2) is 5.87. The largest absolute Gasteiger partial charge is 0.466 e. The van der Waals surface area contributed by atoms with Crippen LogP contribution in [0.5, 0.6) is 0 Å². The Bertz CT molecular complexity index is 1100. The Balaban J connectivity index is 1.94. The first-order valence-electron chi connectivity index (χ1n) is 7.54. The van der Waals surface area contributed by atoms with Gasteiger partial charge in [0.1, 0.15) is 0 Å². The molecule has 1 aliphatic heterocycles. The Labute approximate surface area is 149 Å². The van der Waals surface area contributed by atoms with E-state index >= 15 is 0 Å². The van der Waals surface area contributed by atoms with Gasteiger partial charge < -0.3 is 4.57 Å². The summed E-state index contributed by atoms with van der Waals surface area (Å²) in [6.45, 7) is 0.592. The van der Waals surface area contributed by atoms with Gasteiger partial charge in [0.05, 0.1) is 16.3 Å². The fourth-order valence-corrected chi connectivity index (χ4v) is 3.59. The second-order valence-electron chi connectivity index (χ2n) is 5.69. The molecule has 0 unspecified atom stereocenters. The van der Waals surface area contributed by atoms with Gasteiger partial charge in [0.15, 0.2) is 0 Å². The molecule has 2 heterocycles. The number of rotatable bonds is 3. The van der Waals surface area contributed by atoms with Crippen molar-refractivity contribution in [3.05, 3.63) is 59.1 Å². The number of oxime groups is 1. The van der Waals surface area contributed by atoms with Crippen molar-refractivity contribution in [1.29, 1.82) is 0 Å². The summed E-state index contributed by atoms with van der Waals surface area (Å²) in [5, 5.41) is 5.07. The summed E-state index contributed by atoms with van der Waals surface area (Å²) in [5.41, 5.74) is 4.14. The van der Waals surface area contributed by atoms with E-state index in [9.17, 15) is 8.42 Å². The molecule has 0 fully saturated rings. The van der Waals surface area contributed by atoms with E-state index in [1.807, 2.05) is 36.4 Å². The average molecular weight is 377 g/mol. The van der Waals surface area contributed by atoms with Crippen molar-refractivity contribution in [2.24, 2.45) is 5.16 Å². The minimum absolute atomic E-state index is 0.449. The molecule has 0 atom stereocenters. The lowest BCUT2D eigenvalue weighted by Gasteiger charge is -2.19. The molecule has 1 aromatic heterocycles. The molecule has 6 nitrogen and oxygen atoms in total. The van der Waals surface area contributed by atoms with Gasteiger partial charge in [-0.15, -0.1) is 0 Å². The Kier molecular flexibility index (Phi) is 3.79. The maximum Gasteiger partial charge on any atom is 0.466 e. The zero-order valence-corrected chi connectivity index (χ0v) is 14.5. The molecule has 0 radical (unpaired) electrons. The van der Waals surface area contributed by atoms with Crippen molar-refractivity contribution in [3.8, 4) is 11.3 Å². The van der Waals surface area contributed by atoms with E-state index in [4.69, 9.17) is 16.2 Å². The zero-order valence-electron chi connectivity index (χ0n) is 12.9. The fourth-order valence-electron chi connectivity index (χ4n) is 3.20. The van der Waals surface area contributed by atoms with Gasteiger partial charge in [-0.3, -0.25) is 4.55 Å². The van der Waals surface area contributed by atoms with Crippen molar-refractivity contribution < 1.29 is 17.3 Å². The molecule has 0 saturated carbocycles. The van der Waals surface area contributed by atoms with Gasteiger partial charge in [-0.1, -0.05) is 47.1 Å². The SMILES string of the molecule is O=S(=O)(O)O/N=C1/CCn2c(-c3ccccc3)cc3c(Cl)ccc1c32. The van der Waals surface area contributed by atoms with Crippen molar-refractivity contribution in [3.63, 3.8) is 0 Å². The fraction of sp³-hybridized carbons (Fsp3) is 0.118. The number of hydrogen-bond donors (Lipinski definition) is 1. The summed E-state index contributed by atoms with van der Waals surface area (Å²) >= 11 is 6.36. The van der Waals surface area contributed by atoms with Crippen LogP contribution in [0.2, 0.25) is 5.02 Å². The number of hydrogen-bond acceptors (Lipinski definition) is 4. The van der Waals surface area contributed by atoms with Gasteiger partial charge in [-0.25, -0.2) is 4.28 Å². The number of aryl methyl sites for hydroxylation is 1. The molecule has 0 bridgehead atoms. The smallest absolute Gasteiger partial charge is 0.340 e. The molecule has 0 spiro atoms. The van der Waals surface area contributed by atoms with E-state index < -0.39 is 10.4 Å². The maximum absolute atomic E-state index is 10.8. The summed E-state index contributed by atoms with van der Waals surface area (Å²) in [4.78, 5) is 0. The highest BCUT2D eigenvalue weighted by Crippen LogP contribution is 2.37. The van der Waals surface area contributed by atoms with E-state index in [0.717, 1.165) is 27.7 Å². The van der Waals surface area contributed by atoms with Crippen LogP contribution in [0.3, 0.4) is 0 Å². The molecule has 1 aliphatic rings. The van der Waals surface area contributed by atoms with Gasteiger partial charge in [0.2, 0.25) is 0 Å². The number of halogens is 1. The van der Waals surface area contributed by atoms with Crippen molar-refractivity contribution in [2.45, 2.75) is 13.0 Å². The normalized spacial score (nSPS) is 15.7. The standard InChI is InChI=1S/C17H13ClN2O4S/c18-14-7-6-12-15(19-24-25(21,22)23)8-9-20-16(10-13(14)17(12)20)11-4-2-1-3-5-11/h1-7,10H,8-9H2,(H,21,22,23)/b19-15-. The van der Waals surface area contributed by atoms with Crippen molar-refractivity contribution in [1.82, 2.24) is 4.57 Å². The van der Waals surface area contributed by atoms with Crippen LogP contribution in [0.1, 0.15) is 12.0 Å². The molecular weight excluding hydrogens is 364 g/mol. The van der Waals surface area contributed by atoms with Crippen LogP contribution >= 0.6 is 11.6 Å². The highest BCUT2D eigenvalue weighted by molar-refractivity contribution is 7.80. The third-order valence-electron chi connectivity index (χ3n) is 4.20. The Morgan fingerprint density at radius 1 is 1.16 bits per heavy atom. The molecule has 2 aromatic carbocycles. The molecule has 8 heteroatoms. The number of aromatic nitrogens is 1. The van der Waals surface area contributed by atoms with E-state index in [-0.39, 0.29) is 0 Å². The van der Waals surface area contributed by atoms with Crippen LogP contribution < -0.4 is 0 Å². The summed E-state index contributed by atoms with van der Waals surface area (Å²) < 4.78 is 36.7. The summed E-state index contributed by atoms with van der Waals surface area (Å²) in [7, 11) is -4.64. The number of nitrogens with zero attached hydrogens (tertiary/aromatic N) is 2. The second-order valence-corrected chi connectivity index (χ2v) is 7.11. The third-order valence-corrected chi connectivity index (χ3v) is 4.79. The van der Waals surface area contributed by atoms with Crippen LogP contribution in [0.4, 0.5) is 0 Å². The molecule has 25 heavy (non-hydrogen) atoms.